The molecule has 116 valence electrons. The van der Waals surface area contributed by atoms with E-state index in [0.717, 1.165) is 23.7 Å². The molecule has 2 fully saturated rings. The number of carbonyl (C=O) groups excluding carboxylic acids is 1. The van der Waals surface area contributed by atoms with Crippen LogP contribution in [0.4, 0.5) is 10.7 Å². The molecule has 1 aliphatic heterocycles. The van der Waals surface area contributed by atoms with E-state index >= 15 is 0 Å². The third-order valence-corrected chi connectivity index (χ3v) is 5.79. The van der Waals surface area contributed by atoms with Crippen molar-refractivity contribution in [3.63, 3.8) is 0 Å². The summed E-state index contributed by atoms with van der Waals surface area (Å²) in [4.78, 5) is 14.5. The molecule has 1 amide bonds. The minimum Gasteiger partial charge on any atom is -0.397 e. The maximum Gasteiger partial charge on any atom is 0.260 e. The molecule has 1 aromatic rings. The molecular formula is C15H24N4OS. The van der Waals surface area contributed by atoms with E-state index in [1.54, 1.807) is 0 Å². The van der Waals surface area contributed by atoms with Crippen molar-refractivity contribution in [2.75, 3.05) is 30.7 Å². The average Bonchev–Trinajstić information content (AvgIpc) is 3.08. The molecule has 5 N–H and O–H groups in total. The van der Waals surface area contributed by atoms with Crippen LogP contribution in [0.3, 0.4) is 0 Å². The van der Waals surface area contributed by atoms with Crippen molar-refractivity contribution >= 4 is 27.9 Å². The molecule has 1 aliphatic carbocycles. The topological polar surface area (TPSA) is 84.4 Å². The summed E-state index contributed by atoms with van der Waals surface area (Å²) in [6.07, 6.45) is 4.84. The Labute approximate surface area is 129 Å². The van der Waals surface area contributed by atoms with E-state index in [-0.39, 0.29) is 0 Å². The van der Waals surface area contributed by atoms with Crippen LogP contribution >= 0.6 is 11.3 Å². The summed E-state index contributed by atoms with van der Waals surface area (Å²) in [5.41, 5.74) is 13.3. The number of nitrogens with zero attached hydrogens (tertiary/aromatic N) is 1. The van der Waals surface area contributed by atoms with Gasteiger partial charge in [-0.15, -0.1) is 11.3 Å². The molecule has 6 heteroatoms. The van der Waals surface area contributed by atoms with Crippen molar-refractivity contribution in [2.45, 2.75) is 44.6 Å². The van der Waals surface area contributed by atoms with Crippen molar-refractivity contribution in [1.29, 1.82) is 0 Å². The van der Waals surface area contributed by atoms with Crippen LogP contribution in [0.25, 0.3) is 0 Å². The van der Waals surface area contributed by atoms with Gasteiger partial charge in [-0.25, -0.2) is 0 Å². The fourth-order valence-electron chi connectivity index (χ4n) is 3.30. The number of thiophene rings is 1. The lowest BCUT2D eigenvalue weighted by Crippen LogP contribution is -2.34. The van der Waals surface area contributed by atoms with Crippen LogP contribution in [-0.4, -0.2) is 36.5 Å². The largest absolute Gasteiger partial charge is 0.397 e. The van der Waals surface area contributed by atoms with Gasteiger partial charge >= 0.3 is 0 Å². The second-order valence-corrected chi connectivity index (χ2v) is 7.05. The van der Waals surface area contributed by atoms with Crippen LogP contribution in [0.15, 0.2) is 0 Å². The Kier molecular flexibility index (Phi) is 4.08. The van der Waals surface area contributed by atoms with Crippen molar-refractivity contribution in [3.05, 3.63) is 10.4 Å². The van der Waals surface area contributed by atoms with Gasteiger partial charge in [0.15, 0.2) is 0 Å². The Hall–Kier alpha value is -1.27. The Morgan fingerprint density at radius 3 is 2.81 bits per heavy atom. The van der Waals surface area contributed by atoms with Crippen LogP contribution in [0.1, 0.15) is 53.8 Å². The first-order valence-corrected chi connectivity index (χ1v) is 8.63. The number of nitrogen functional groups attached to an aromatic ring is 1. The fraction of sp³-hybridized carbons (Fsp3) is 0.667. The van der Waals surface area contributed by atoms with Gasteiger partial charge in [0.1, 0.15) is 4.88 Å². The van der Waals surface area contributed by atoms with Crippen molar-refractivity contribution < 1.29 is 4.79 Å². The molecule has 1 saturated carbocycles. The van der Waals surface area contributed by atoms with E-state index in [0.29, 0.717) is 22.5 Å². The zero-order chi connectivity index (χ0) is 15.0. The molecule has 3 rings (SSSR count). The second kappa shape index (κ2) is 5.85. The maximum absolute atomic E-state index is 11.5. The molecule has 0 radical (unpaired) electrons. The van der Waals surface area contributed by atoms with Crippen LogP contribution in [-0.2, 0) is 0 Å². The third-order valence-electron chi connectivity index (χ3n) is 4.60. The van der Waals surface area contributed by atoms with E-state index in [1.807, 2.05) is 0 Å². The first-order valence-electron chi connectivity index (χ1n) is 7.81. The highest BCUT2D eigenvalue weighted by molar-refractivity contribution is 7.18. The standard InChI is InChI=1S/C15H24N4OS/c1-2-19-7-3-4-10(19)8-18-15-11(9-5-6-9)12(16)13(21-15)14(17)20/h9-10,18H,2-8,16H2,1H3,(H2,17,20). The van der Waals surface area contributed by atoms with Crippen LogP contribution in [0, 0.1) is 0 Å². The summed E-state index contributed by atoms with van der Waals surface area (Å²) in [7, 11) is 0. The van der Waals surface area contributed by atoms with Gasteiger partial charge in [-0.2, -0.15) is 0 Å². The SMILES string of the molecule is CCN1CCCC1CNc1sc(C(N)=O)c(N)c1C1CC1. The number of anilines is 2. The highest BCUT2D eigenvalue weighted by Gasteiger charge is 2.33. The summed E-state index contributed by atoms with van der Waals surface area (Å²) >= 11 is 1.43. The number of nitrogens with two attached hydrogens (primary N) is 2. The predicted octanol–water partition coefficient (Wildman–Crippen LogP) is 2.20. The summed E-state index contributed by atoms with van der Waals surface area (Å²) in [5.74, 6) is 0.103. The van der Waals surface area contributed by atoms with Crippen molar-refractivity contribution in [2.24, 2.45) is 5.73 Å². The first kappa shape index (κ1) is 14.7. The molecule has 2 aliphatic rings. The number of carbonyl (C=O) groups is 1. The second-order valence-electron chi connectivity index (χ2n) is 6.03. The van der Waals surface area contributed by atoms with Gasteiger partial charge in [-0.1, -0.05) is 6.92 Å². The molecule has 0 spiro atoms. The Morgan fingerprint density at radius 2 is 2.19 bits per heavy atom. The van der Waals surface area contributed by atoms with E-state index in [9.17, 15) is 4.79 Å². The van der Waals surface area contributed by atoms with E-state index in [1.165, 1.54) is 43.6 Å². The lowest BCUT2D eigenvalue weighted by atomic mass is 10.1. The van der Waals surface area contributed by atoms with Gasteiger partial charge in [-0.3, -0.25) is 9.69 Å². The van der Waals surface area contributed by atoms with Crippen molar-refractivity contribution in [3.8, 4) is 0 Å². The number of likely N-dealkylation sites (tertiary alicyclic amines) is 1. The Bertz CT molecular complexity index is 538. The van der Waals surface area contributed by atoms with Gasteiger partial charge < -0.3 is 16.8 Å². The molecule has 1 unspecified atom stereocenters. The minimum absolute atomic E-state index is 0.413. The fourth-order valence-corrected chi connectivity index (χ4v) is 4.37. The number of nitrogens with one attached hydrogen (secondary N) is 1. The van der Waals surface area contributed by atoms with Crippen LogP contribution in [0.5, 0.6) is 0 Å². The predicted molar refractivity (Wildman–Crippen MR) is 88.0 cm³/mol. The van der Waals surface area contributed by atoms with Gasteiger partial charge in [0.25, 0.3) is 5.91 Å². The number of hydrogen-bond acceptors (Lipinski definition) is 5. The normalized spacial score (nSPS) is 22.6. The van der Waals surface area contributed by atoms with E-state index in [2.05, 4.69) is 17.1 Å². The third kappa shape index (κ3) is 2.87. The molecule has 1 aromatic heterocycles. The summed E-state index contributed by atoms with van der Waals surface area (Å²) in [6, 6.07) is 0.586. The summed E-state index contributed by atoms with van der Waals surface area (Å²) < 4.78 is 0. The molecule has 2 heterocycles. The Balaban J connectivity index is 1.75. The molecule has 5 nitrogen and oxygen atoms in total. The number of hydrogen-bond donors (Lipinski definition) is 3. The van der Waals surface area contributed by atoms with Gasteiger partial charge in [0.2, 0.25) is 0 Å². The molecule has 0 aromatic carbocycles. The van der Waals surface area contributed by atoms with Gasteiger partial charge in [0, 0.05) is 18.2 Å². The number of likely N-dealkylation sites (N-methyl/N-ethyl adjacent to an activating group) is 1. The lowest BCUT2D eigenvalue weighted by Gasteiger charge is -2.23. The summed E-state index contributed by atoms with van der Waals surface area (Å²) in [5, 5.41) is 4.61. The molecule has 0 bridgehead atoms. The van der Waals surface area contributed by atoms with E-state index in [4.69, 9.17) is 11.5 Å². The van der Waals surface area contributed by atoms with Crippen LogP contribution in [0.2, 0.25) is 0 Å². The maximum atomic E-state index is 11.5. The smallest absolute Gasteiger partial charge is 0.260 e. The van der Waals surface area contributed by atoms with Crippen molar-refractivity contribution in [1.82, 2.24) is 4.90 Å². The zero-order valence-corrected chi connectivity index (χ0v) is 13.3. The molecular weight excluding hydrogens is 284 g/mol. The number of rotatable bonds is 6. The zero-order valence-electron chi connectivity index (χ0n) is 12.5. The number of primary amides is 1. The van der Waals surface area contributed by atoms with Crippen LogP contribution < -0.4 is 16.8 Å². The summed E-state index contributed by atoms with van der Waals surface area (Å²) in [6.45, 7) is 5.42. The average molecular weight is 308 g/mol. The molecule has 21 heavy (non-hydrogen) atoms. The molecule has 1 saturated heterocycles. The quantitative estimate of drug-likeness (QED) is 0.752. The monoisotopic (exact) mass is 308 g/mol. The lowest BCUT2D eigenvalue weighted by molar-refractivity contribution is 0.100. The number of amides is 1. The first-order chi connectivity index (χ1) is 10.1. The minimum atomic E-state index is -0.413. The van der Waals surface area contributed by atoms with Gasteiger partial charge in [0.05, 0.1) is 10.7 Å². The van der Waals surface area contributed by atoms with Gasteiger partial charge in [-0.05, 0) is 44.7 Å². The van der Waals surface area contributed by atoms with E-state index < -0.39 is 5.91 Å². The highest BCUT2D eigenvalue weighted by Crippen LogP contribution is 2.50. The highest BCUT2D eigenvalue weighted by atomic mass is 32.1. The molecule has 1 atom stereocenters. The Morgan fingerprint density at radius 1 is 1.43 bits per heavy atom.